The Kier molecular flexibility index (Phi) is 3.67. The van der Waals surface area contributed by atoms with Gasteiger partial charge in [-0.15, -0.1) is 0 Å². The molecular weight excluding hydrogens is 186 g/mol. The van der Waals surface area contributed by atoms with Gasteiger partial charge in [-0.1, -0.05) is 0 Å². The van der Waals surface area contributed by atoms with Crippen LogP contribution in [0.3, 0.4) is 0 Å². The maximum absolute atomic E-state index is 9.52. The highest BCUT2D eigenvalue weighted by Gasteiger charge is 2.18. The fourth-order valence-corrected chi connectivity index (χ4v) is 1.18. The summed E-state index contributed by atoms with van der Waals surface area (Å²) in [6, 6.07) is 0. The van der Waals surface area contributed by atoms with Crippen LogP contribution in [0.4, 0.5) is 0 Å². The molecule has 0 aliphatic rings. The molecule has 1 atom stereocenters. The van der Waals surface area contributed by atoms with E-state index in [9.17, 15) is 5.11 Å². The summed E-state index contributed by atoms with van der Waals surface area (Å²) in [5.41, 5.74) is 0.410. The molecule has 0 radical (unpaired) electrons. The van der Waals surface area contributed by atoms with Crippen LogP contribution in [0.25, 0.3) is 0 Å². The van der Waals surface area contributed by atoms with Crippen LogP contribution < -0.4 is 9.47 Å². The lowest BCUT2D eigenvalue weighted by Gasteiger charge is -2.15. The average Bonchev–Trinajstić information content (AvgIpc) is 2.26. The van der Waals surface area contributed by atoms with Gasteiger partial charge in [0.25, 0.3) is 0 Å². The summed E-state index contributed by atoms with van der Waals surface area (Å²) in [6.07, 6.45) is 1.89. The fourth-order valence-electron chi connectivity index (χ4n) is 1.18. The molecule has 0 fully saturated rings. The van der Waals surface area contributed by atoms with Crippen molar-refractivity contribution in [1.29, 1.82) is 0 Å². The Bertz CT molecular complexity index is 281. The molecule has 0 aliphatic heterocycles. The number of aliphatic hydroxyl groups excluding tert-OH is 2. The van der Waals surface area contributed by atoms with Gasteiger partial charge in [-0.3, -0.25) is 4.98 Å². The van der Waals surface area contributed by atoms with Crippen molar-refractivity contribution in [3.05, 3.63) is 18.0 Å². The van der Waals surface area contributed by atoms with Gasteiger partial charge >= 0.3 is 0 Å². The minimum absolute atomic E-state index is 0.392. The monoisotopic (exact) mass is 199 g/mol. The Balaban J connectivity index is 3.18. The van der Waals surface area contributed by atoms with Gasteiger partial charge in [-0.2, -0.15) is 0 Å². The summed E-state index contributed by atoms with van der Waals surface area (Å²) >= 11 is 0. The Morgan fingerprint density at radius 3 is 2.14 bits per heavy atom. The van der Waals surface area contributed by atoms with Gasteiger partial charge in [-0.25, -0.2) is 0 Å². The molecule has 0 saturated heterocycles. The molecule has 1 unspecified atom stereocenters. The van der Waals surface area contributed by atoms with Crippen LogP contribution in [-0.2, 0) is 0 Å². The average molecular weight is 199 g/mol. The highest BCUT2D eigenvalue weighted by Crippen LogP contribution is 2.32. The normalized spacial score (nSPS) is 12.3. The number of methoxy groups -OCH3 is 2. The van der Waals surface area contributed by atoms with Crippen LogP contribution >= 0.6 is 0 Å². The van der Waals surface area contributed by atoms with Crippen LogP contribution in [-0.4, -0.2) is 36.0 Å². The first-order chi connectivity index (χ1) is 6.74. The molecular formula is C9H13NO4. The summed E-state index contributed by atoms with van der Waals surface area (Å²) < 4.78 is 9.99. The molecule has 0 amide bonds. The molecule has 14 heavy (non-hydrogen) atoms. The first kappa shape index (κ1) is 10.7. The van der Waals surface area contributed by atoms with Gasteiger partial charge in [0, 0.05) is 0 Å². The number of aliphatic hydroxyl groups is 2. The zero-order valence-electron chi connectivity index (χ0n) is 8.10. The van der Waals surface area contributed by atoms with Gasteiger partial charge in [0.2, 0.25) is 0 Å². The first-order valence-electron chi connectivity index (χ1n) is 4.09. The summed E-state index contributed by atoms with van der Waals surface area (Å²) in [4.78, 5) is 3.86. The van der Waals surface area contributed by atoms with Crippen molar-refractivity contribution < 1.29 is 19.7 Å². The number of aromatic nitrogens is 1. The van der Waals surface area contributed by atoms with E-state index in [1.165, 1.54) is 26.6 Å². The first-order valence-corrected chi connectivity index (χ1v) is 4.09. The standard InChI is InChI=1S/C9H13NO4/c1-13-7-3-10-4-8(14-2)9(7)6(12)5-11/h3-4,6,11-12H,5H2,1-2H3. The molecule has 0 aromatic carbocycles. The number of ether oxygens (including phenoxy) is 2. The molecule has 0 bridgehead atoms. The summed E-state index contributed by atoms with van der Waals surface area (Å²) in [6.45, 7) is -0.392. The predicted octanol–water partition coefficient (Wildman–Crippen LogP) is 0.124. The molecule has 1 rings (SSSR count). The molecule has 0 aliphatic carbocycles. The Morgan fingerprint density at radius 1 is 1.29 bits per heavy atom. The van der Waals surface area contributed by atoms with E-state index in [1.807, 2.05) is 0 Å². The van der Waals surface area contributed by atoms with Gasteiger partial charge in [0.05, 0.1) is 38.8 Å². The van der Waals surface area contributed by atoms with Crippen molar-refractivity contribution in [2.24, 2.45) is 0 Å². The topological polar surface area (TPSA) is 71.8 Å². The van der Waals surface area contributed by atoms with Crippen LogP contribution in [0.1, 0.15) is 11.7 Å². The van der Waals surface area contributed by atoms with Crippen LogP contribution in [0.5, 0.6) is 11.5 Å². The minimum atomic E-state index is -1.03. The smallest absolute Gasteiger partial charge is 0.146 e. The maximum atomic E-state index is 9.52. The van der Waals surface area contributed by atoms with Gasteiger partial charge in [0.15, 0.2) is 0 Å². The number of nitrogens with zero attached hydrogens (tertiary/aromatic N) is 1. The van der Waals surface area contributed by atoms with E-state index in [0.29, 0.717) is 17.1 Å². The predicted molar refractivity (Wildman–Crippen MR) is 49.4 cm³/mol. The van der Waals surface area contributed by atoms with E-state index in [1.54, 1.807) is 0 Å². The molecule has 5 heteroatoms. The third-order valence-corrected chi connectivity index (χ3v) is 1.86. The van der Waals surface area contributed by atoms with Crippen molar-refractivity contribution in [2.75, 3.05) is 20.8 Å². The quantitative estimate of drug-likeness (QED) is 0.720. The number of hydrogen-bond donors (Lipinski definition) is 2. The molecule has 5 nitrogen and oxygen atoms in total. The number of hydrogen-bond acceptors (Lipinski definition) is 5. The number of rotatable bonds is 4. The van der Waals surface area contributed by atoms with Gasteiger partial charge in [0.1, 0.15) is 17.6 Å². The number of pyridine rings is 1. The van der Waals surface area contributed by atoms with E-state index < -0.39 is 12.7 Å². The second kappa shape index (κ2) is 4.78. The van der Waals surface area contributed by atoms with Crippen LogP contribution in [0.15, 0.2) is 12.4 Å². The fraction of sp³-hybridized carbons (Fsp3) is 0.444. The summed E-state index contributed by atoms with van der Waals surface area (Å²) in [7, 11) is 2.92. The van der Waals surface area contributed by atoms with Crippen molar-refractivity contribution in [3.8, 4) is 11.5 Å². The largest absolute Gasteiger partial charge is 0.495 e. The van der Waals surface area contributed by atoms with Gasteiger partial charge in [-0.05, 0) is 0 Å². The van der Waals surface area contributed by atoms with Crippen LogP contribution in [0, 0.1) is 0 Å². The molecule has 0 saturated carbocycles. The zero-order valence-corrected chi connectivity index (χ0v) is 8.10. The van der Waals surface area contributed by atoms with Crippen molar-refractivity contribution >= 4 is 0 Å². The van der Waals surface area contributed by atoms with E-state index >= 15 is 0 Å². The Hall–Kier alpha value is -1.33. The molecule has 1 aromatic rings. The Morgan fingerprint density at radius 2 is 1.79 bits per heavy atom. The molecule has 78 valence electrons. The lowest BCUT2D eigenvalue weighted by atomic mass is 10.1. The Labute approximate surface area is 81.9 Å². The lowest BCUT2D eigenvalue weighted by Crippen LogP contribution is -2.07. The highest BCUT2D eigenvalue weighted by molar-refractivity contribution is 5.43. The van der Waals surface area contributed by atoms with Crippen molar-refractivity contribution in [2.45, 2.75) is 6.10 Å². The van der Waals surface area contributed by atoms with E-state index in [2.05, 4.69) is 4.98 Å². The SMILES string of the molecule is COc1cncc(OC)c1C(O)CO. The molecule has 1 aromatic heterocycles. The minimum Gasteiger partial charge on any atom is -0.495 e. The third-order valence-electron chi connectivity index (χ3n) is 1.86. The summed E-state index contributed by atoms with van der Waals surface area (Å²) in [5.74, 6) is 0.789. The van der Waals surface area contributed by atoms with Gasteiger partial charge < -0.3 is 19.7 Å². The summed E-state index contributed by atoms with van der Waals surface area (Å²) in [5, 5.41) is 18.4. The van der Waals surface area contributed by atoms with E-state index in [0.717, 1.165) is 0 Å². The third kappa shape index (κ3) is 1.94. The molecule has 0 spiro atoms. The highest BCUT2D eigenvalue weighted by atomic mass is 16.5. The molecule has 2 N–H and O–H groups in total. The van der Waals surface area contributed by atoms with Crippen molar-refractivity contribution in [1.82, 2.24) is 4.98 Å². The van der Waals surface area contributed by atoms with E-state index in [4.69, 9.17) is 14.6 Å². The van der Waals surface area contributed by atoms with Crippen molar-refractivity contribution in [3.63, 3.8) is 0 Å². The second-order valence-corrected chi connectivity index (χ2v) is 2.66. The molecule has 1 heterocycles. The maximum Gasteiger partial charge on any atom is 0.146 e. The van der Waals surface area contributed by atoms with Crippen LogP contribution in [0.2, 0.25) is 0 Å². The second-order valence-electron chi connectivity index (χ2n) is 2.66. The van der Waals surface area contributed by atoms with E-state index in [-0.39, 0.29) is 0 Å². The lowest BCUT2D eigenvalue weighted by molar-refractivity contribution is 0.0908. The zero-order chi connectivity index (χ0) is 10.6.